The maximum absolute atomic E-state index is 13.2. The van der Waals surface area contributed by atoms with Crippen LogP contribution in [0.3, 0.4) is 0 Å². The summed E-state index contributed by atoms with van der Waals surface area (Å²) in [5.74, 6) is -0.471. The second-order valence-corrected chi connectivity index (χ2v) is 3.80. The lowest BCUT2D eigenvalue weighted by atomic mass is 10.1. The zero-order valence-electron chi connectivity index (χ0n) is 8.64. The van der Waals surface area contributed by atoms with Crippen molar-refractivity contribution >= 4 is 5.69 Å². The summed E-state index contributed by atoms with van der Waals surface area (Å²) in [6.07, 6.45) is 0. The Labute approximate surface area is 83.1 Å². The molecule has 0 spiro atoms. The summed E-state index contributed by atoms with van der Waals surface area (Å²) < 4.78 is 26.0. The molecule has 0 radical (unpaired) electrons. The van der Waals surface area contributed by atoms with Gasteiger partial charge < -0.3 is 5.32 Å². The molecular formula is C11H15F2N. The van der Waals surface area contributed by atoms with E-state index in [0.717, 1.165) is 12.1 Å². The van der Waals surface area contributed by atoms with Crippen LogP contribution in [0, 0.1) is 17.6 Å². The number of benzene rings is 1. The van der Waals surface area contributed by atoms with Gasteiger partial charge in [-0.1, -0.05) is 13.8 Å². The molecule has 0 amide bonds. The molecule has 0 aliphatic heterocycles. The molecular weight excluding hydrogens is 184 g/mol. The van der Waals surface area contributed by atoms with Gasteiger partial charge in [-0.3, -0.25) is 0 Å². The number of halogens is 2. The molecule has 0 aromatic heterocycles. The predicted octanol–water partition coefficient (Wildman–Crippen LogP) is 3.42. The maximum Gasteiger partial charge on any atom is 0.146 e. The number of anilines is 1. The van der Waals surface area contributed by atoms with Crippen LogP contribution in [0.1, 0.15) is 20.8 Å². The maximum atomic E-state index is 13.2. The van der Waals surface area contributed by atoms with Crippen molar-refractivity contribution in [3.05, 3.63) is 29.8 Å². The molecule has 78 valence electrons. The third kappa shape index (κ3) is 2.69. The van der Waals surface area contributed by atoms with Gasteiger partial charge in [0, 0.05) is 6.04 Å². The zero-order valence-corrected chi connectivity index (χ0v) is 8.64. The summed E-state index contributed by atoms with van der Waals surface area (Å²) in [5, 5.41) is 2.94. The van der Waals surface area contributed by atoms with Crippen LogP contribution in [0.2, 0.25) is 0 Å². The number of rotatable bonds is 3. The van der Waals surface area contributed by atoms with Crippen LogP contribution in [0.25, 0.3) is 0 Å². The Balaban J connectivity index is 2.80. The largest absolute Gasteiger partial charge is 0.380 e. The molecule has 3 heteroatoms. The molecule has 1 N–H and O–H groups in total. The Hall–Kier alpha value is -1.12. The topological polar surface area (TPSA) is 12.0 Å². The van der Waals surface area contributed by atoms with Crippen LogP contribution in [0.5, 0.6) is 0 Å². The molecule has 0 aliphatic carbocycles. The van der Waals surface area contributed by atoms with Gasteiger partial charge in [0.25, 0.3) is 0 Å². The normalized spacial score (nSPS) is 13.0. The highest BCUT2D eigenvalue weighted by Gasteiger charge is 2.10. The van der Waals surface area contributed by atoms with Crippen LogP contribution in [-0.4, -0.2) is 6.04 Å². The van der Waals surface area contributed by atoms with E-state index in [1.54, 1.807) is 0 Å². The van der Waals surface area contributed by atoms with E-state index < -0.39 is 11.6 Å². The Morgan fingerprint density at radius 2 is 1.79 bits per heavy atom. The van der Waals surface area contributed by atoms with E-state index in [1.165, 1.54) is 6.07 Å². The van der Waals surface area contributed by atoms with E-state index in [4.69, 9.17) is 0 Å². The van der Waals surface area contributed by atoms with Crippen LogP contribution < -0.4 is 5.32 Å². The van der Waals surface area contributed by atoms with Crippen molar-refractivity contribution in [1.29, 1.82) is 0 Å². The molecule has 0 saturated carbocycles. The molecule has 0 heterocycles. The average Bonchev–Trinajstić information content (AvgIpc) is 2.11. The first kappa shape index (κ1) is 11.0. The zero-order chi connectivity index (χ0) is 10.7. The fraction of sp³-hybridized carbons (Fsp3) is 0.455. The van der Waals surface area contributed by atoms with Gasteiger partial charge in [-0.15, -0.1) is 0 Å². The van der Waals surface area contributed by atoms with Gasteiger partial charge >= 0.3 is 0 Å². The second-order valence-electron chi connectivity index (χ2n) is 3.80. The Morgan fingerprint density at radius 1 is 1.14 bits per heavy atom. The Bertz CT molecular complexity index is 310. The first-order valence-corrected chi connectivity index (χ1v) is 4.72. The van der Waals surface area contributed by atoms with E-state index in [1.807, 2.05) is 20.8 Å². The minimum Gasteiger partial charge on any atom is -0.380 e. The van der Waals surface area contributed by atoms with Crippen molar-refractivity contribution in [2.45, 2.75) is 26.8 Å². The summed E-state index contributed by atoms with van der Waals surface area (Å²) in [4.78, 5) is 0. The van der Waals surface area contributed by atoms with Gasteiger partial charge in [0.05, 0.1) is 5.69 Å². The molecule has 1 rings (SSSR count). The van der Waals surface area contributed by atoms with E-state index in [-0.39, 0.29) is 11.7 Å². The highest BCUT2D eigenvalue weighted by Crippen LogP contribution is 2.18. The first-order chi connectivity index (χ1) is 6.50. The molecule has 1 atom stereocenters. The number of hydrogen-bond donors (Lipinski definition) is 1. The second kappa shape index (κ2) is 4.40. The lowest BCUT2D eigenvalue weighted by Crippen LogP contribution is -2.22. The van der Waals surface area contributed by atoms with Gasteiger partial charge in [0.2, 0.25) is 0 Å². The summed E-state index contributed by atoms with van der Waals surface area (Å²) in [6.45, 7) is 5.98. The molecule has 0 fully saturated rings. The van der Waals surface area contributed by atoms with Crippen molar-refractivity contribution in [1.82, 2.24) is 0 Å². The molecule has 0 bridgehead atoms. The molecule has 1 unspecified atom stereocenters. The molecule has 0 saturated heterocycles. The van der Waals surface area contributed by atoms with Crippen molar-refractivity contribution in [3.8, 4) is 0 Å². The van der Waals surface area contributed by atoms with Gasteiger partial charge in [-0.2, -0.15) is 0 Å². The Kier molecular flexibility index (Phi) is 3.44. The average molecular weight is 199 g/mol. The summed E-state index contributed by atoms with van der Waals surface area (Å²) in [5.41, 5.74) is 0.228. The van der Waals surface area contributed by atoms with Crippen molar-refractivity contribution < 1.29 is 8.78 Å². The van der Waals surface area contributed by atoms with Crippen molar-refractivity contribution in [2.24, 2.45) is 5.92 Å². The van der Waals surface area contributed by atoms with Gasteiger partial charge in [-0.05, 0) is 31.0 Å². The quantitative estimate of drug-likeness (QED) is 0.786. The van der Waals surface area contributed by atoms with Crippen molar-refractivity contribution in [3.63, 3.8) is 0 Å². The SMILES string of the molecule is CC(C)C(C)Nc1cc(F)ccc1F. The number of hydrogen-bond acceptors (Lipinski definition) is 1. The van der Waals surface area contributed by atoms with Gasteiger partial charge in [0.15, 0.2) is 0 Å². The van der Waals surface area contributed by atoms with Gasteiger partial charge in [-0.25, -0.2) is 8.78 Å². The standard InChI is InChI=1S/C11H15F2N/c1-7(2)8(3)14-11-6-9(12)4-5-10(11)13/h4-8,14H,1-3H3. The molecule has 1 nitrogen and oxygen atoms in total. The minimum absolute atomic E-state index is 0.117. The summed E-state index contributed by atoms with van der Waals surface area (Å²) >= 11 is 0. The Morgan fingerprint density at radius 3 is 2.36 bits per heavy atom. The number of nitrogens with one attached hydrogen (secondary N) is 1. The predicted molar refractivity (Wildman–Crippen MR) is 54.3 cm³/mol. The highest BCUT2D eigenvalue weighted by molar-refractivity contribution is 5.45. The fourth-order valence-corrected chi connectivity index (χ4v) is 1.02. The molecule has 1 aromatic carbocycles. The van der Waals surface area contributed by atoms with E-state index >= 15 is 0 Å². The molecule has 0 aliphatic rings. The molecule has 1 aromatic rings. The third-order valence-corrected chi connectivity index (χ3v) is 2.31. The third-order valence-electron chi connectivity index (χ3n) is 2.31. The monoisotopic (exact) mass is 199 g/mol. The van der Waals surface area contributed by atoms with Crippen LogP contribution >= 0.6 is 0 Å². The van der Waals surface area contributed by atoms with Crippen LogP contribution in [0.15, 0.2) is 18.2 Å². The minimum atomic E-state index is -0.426. The first-order valence-electron chi connectivity index (χ1n) is 4.72. The van der Waals surface area contributed by atoms with E-state index in [9.17, 15) is 8.78 Å². The fourth-order valence-electron chi connectivity index (χ4n) is 1.02. The van der Waals surface area contributed by atoms with Crippen molar-refractivity contribution in [2.75, 3.05) is 5.32 Å². The summed E-state index contributed by atoms with van der Waals surface area (Å²) in [6, 6.07) is 3.53. The summed E-state index contributed by atoms with van der Waals surface area (Å²) in [7, 11) is 0. The van der Waals surface area contributed by atoms with E-state index in [0.29, 0.717) is 5.92 Å². The van der Waals surface area contributed by atoms with Gasteiger partial charge in [0.1, 0.15) is 11.6 Å². The smallest absolute Gasteiger partial charge is 0.146 e. The van der Waals surface area contributed by atoms with Crippen LogP contribution in [-0.2, 0) is 0 Å². The van der Waals surface area contributed by atoms with E-state index in [2.05, 4.69) is 5.32 Å². The molecule has 14 heavy (non-hydrogen) atoms. The lowest BCUT2D eigenvalue weighted by Gasteiger charge is -2.19. The van der Waals surface area contributed by atoms with Crippen LogP contribution in [0.4, 0.5) is 14.5 Å². The highest BCUT2D eigenvalue weighted by atomic mass is 19.1. The lowest BCUT2D eigenvalue weighted by molar-refractivity contribution is 0.549.